The Morgan fingerprint density at radius 2 is 1.64 bits per heavy atom. The predicted octanol–water partition coefficient (Wildman–Crippen LogP) is 2.76. The van der Waals surface area contributed by atoms with Gasteiger partial charge in [-0.15, -0.1) is 0 Å². The van der Waals surface area contributed by atoms with Crippen LogP contribution in [0, 0.1) is 0 Å². The highest BCUT2D eigenvalue weighted by Gasteiger charge is 2.12. The zero-order valence-electron chi connectivity index (χ0n) is 13.9. The van der Waals surface area contributed by atoms with Crippen LogP contribution in [0.3, 0.4) is 0 Å². The molecule has 0 aliphatic heterocycles. The molecule has 0 aliphatic rings. The minimum atomic E-state index is -0.818. The molecule has 0 rings (SSSR count). The van der Waals surface area contributed by atoms with Gasteiger partial charge in [0.2, 0.25) is 0 Å². The van der Waals surface area contributed by atoms with Gasteiger partial charge in [-0.3, -0.25) is 9.59 Å². The fourth-order valence-electron chi connectivity index (χ4n) is 2.17. The molecule has 0 aromatic carbocycles. The lowest BCUT2D eigenvalue weighted by Crippen LogP contribution is -2.16. The maximum atomic E-state index is 11.5. The summed E-state index contributed by atoms with van der Waals surface area (Å²) in [6, 6.07) is 0. The second kappa shape index (κ2) is 15.0. The molecule has 5 heteroatoms. The largest absolute Gasteiger partial charge is 0.466 e. The Morgan fingerprint density at radius 1 is 1.00 bits per heavy atom. The molecule has 1 atom stereocenters. The third-order valence-electron chi connectivity index (χ3n) is 3.54. The van der Waals surface area contributed by atoms with E-state index in [2.05, 4.69) is 6.92 Å². The van der Waals surface area contributed by atoms with Gasteiger partial charge in [0.25, 0.3) is 0 Å². The molecule has 0 bridgehead atoms. The van der Waals surface area contributed by atoms with Crippen molar-refractivity contribution >= 4 is 11.8 Å². The van der Waals surface area contributed by atoms with Gasteiger partial charge in [0.05, 0.1) is 19.1 Å². The molecular formula is C17H32O5. The van der Waals surface area contributed by atoms with Crippen molar-refractivity contribution in [2.24, 2.45) is 0 Å². The zero-order chi connectivity index (χ0) is 16.6. The van der Waals surface area contributed by atoms with Crippen LogP contribution in [0.5, 0.6) is 0 Å². The smallest absolute Gasteiger partial charge is 0.306 e. The van der Waals surface area contributed by atoms with Gasteiger partial charge < -0.3 is 14.9 Å². The molecule has 0 saturated carbocycles. The van der Waals surface area contributed by atoms with Gasteiger partial charge in [0.15, 0.2) is 0 Å². The highest BCUT2D eigenvalue weighted by atomic mass is 16.5. The zero-order valence-corrected chi connectivity index (χ0v) is 13.9. The van der Waals surface area contributed by atoms with Gasteiger partial charge in [-0.25, -0.2) is 0 Å². The number of carbonyl (C=O) groups is 2. The lowest BCUT2D eigenvalue weighted by atomic mass is 10.1. The molecule has 2 N–H and O–H groups in total. The summed E-state index contributed by atoms with van der Waals surface area (Å²) in [6.07, 6.45) is 7.71. The van der Waals surface area contributed by atoms with E-state index < -0.39 is 6.10 Å². The second-order valence-corrected chi connectivity index (χ2v) is 5.75. The summed E-state index contributed by atoms with van der Waals surface area (Å²) < 4.78 is 5.08. The van der Waals surface area contributed by atoms with Gasteiger partial charge in [-0.1, -0.05) is 45.4 Å². The number of rotatable bonds is 15. The van der Waals surface area contributed by atoms with Crippen molar-refractivity contribution in [1.82, 2.24) is 0 Å². The van der Waals surface area contributed by atoms with E-state index in [9.17, 15) is 14.7 Å². The Kier molecular flexibility index (Phi) is 14.3. The van der Waals surface area contributed by atoms with E-state index in [0.717, 1.165) is 12.8 Å². The first-order valence-corrected chi connectivity index (χ1v) is 8.56. The molecule has 0 heterocycles. The summed E-state index contributed by atoms with van der Waals surface area (Å²) in [5.74, 6) is -0.523. The molecule has 0 aromatic heterocycles. The predicted molar refractivity (Wildman–Crippen MR) is 85.5 cm³/mol. The van der Waals surface area contributed by atoms with Crippen LogP contribution in [0.4, 0.5) is 0 Å². The average Bonchev–Trinajstić information content (AvgIpc) is 2.48. The van der Waals surface area contributed by atoms with Crippen molar-refractivity contribution in [3.8, 4) is 0 Å². The van der Waals surface area contributed by atoms with Crippen LogP contribution in [0.2, 0.25) is 0 Å². The summed E-state index contributed by atoms with van der Waals surface area (Å²) in [7, 11) is 0. The van der Waals surface area contributed by atoms with E-state index in [1.54, 1.807) is 0 Å². The van der Waals surface area contributed by atoms with E-state index in [0.29, 0.717) is 6.61 Å². The number of aliphatic hydroxyl groups is 2. The highest BCUT2D eigenvalue weighted by Crippen LogP contribution is 2.08. The second-order valence-electron chi connectivity index (χ2n) is 5.75. The third-order valence-corrected chi connectivity index (χ3v) is 3.54. The SMILES string of the molecule is CCCCCCCCCOC(=O)CCC(=O)CC(O)CCO. The molecule has 0 radical (unpaired) electrons. The van der Waals surface area contributed by atoms with Crippen molar-refractivity contribution in [2.45, 2.75) is 83.7 Å². The molecule has 0 spiro atoms. The van der Waals surface area contributed by atoms with Crippen molar-refractivity contribution in [3.63, 3.8) is 0 Å². The lowest BCUT2D eigenvalue weighted by molar-refractivity contribution is -0.145. The van der Waals surface area contributed by atoms with E-state index in [1.807, 2.05) is 0 Å². The van der Waals surface area contributed by atoms with Crippen LogP contribution >= 0.6 is 0 Å². The monoisotopic (exact) mass is 316 g/mol. The molecule has 5 nitrogen and oxygen atoms in total. The van der Waals surface area contributed by atoms with Gasteiger partial charge in [0.1, 0.15) is 5.78 Å². The number of hydrogen-bond acceptors (Lipinski definition) is 5. The molecule has 0 aromatic rings. The number of unbranched alkanes of at least 4 members (excludes halogenated alkanes) is 6. The first-order chi connectivity index (χ1) is 10.6. The lowest BCUT2D eigenvalue weighted by Gasteiger charge is -2.08. The minimum absolute atomic E-state index is 0.00833. The summed E-state index contributed by atoms with van der Waals surface area (Å²) in [6.45, 7) is 2.47. The standard InChI is InChI=1S/C17H32O5/c1-2-3-4-5-6-7-8-13-22-17(21)10-9-15(19)14-16(20)11-12-18/h16,18,20H,2-14H2,1H3. The molecule has 0 amide bonds. The van der Waals surface area contributed by atoms with Crippen molar-refractivity contribution in [2.75, 3.05) is 13.2 Å². The fraction of sp³-hybridized carbons (Fsp3) is 0.882. The van der Waals surface area contributed by atoms with Crippen LogP contribution in [-0.2, 0) is 14.3 Å². The average molecular weight is 316 g/mol. The third kappa shape index (κ3) is 14.0. The Labute approximate surface area is 134 Å². The molecular weight excluding hydrogens is 284 g/mol. The Hall–Kier alpha value is -0.940. The number of esters is 1. The van der Waals surface area contributed by atoms with Crippen LogP contribution < -0.4 is 0 Å². The summed E-state index contributed by atoms with van der Waals surface area (Å²) in [5, 5.41) is 18.0. The van der Waals surface area contributed by atoms with Crippen molar-refractivity contribution in [3.05, 3.63) is 0 Å². The topological polar surface area (TPSA) is 83.8 Å². The fourth-order valence-corrected chi connectivity index (χ4v) is 2.17. The number of aliphatic hydroxyl groups excluding tert-OH is 2. The Bertz CT molecular complexity index is 291. The first-order valence-electron chi connectivity index (χ1n) is 8.56. The van der Waals surface area contributed by atoms with Crippen LogP contribution in [0.15, 0.2) is 0 Å². The maximum Gasteiger partial charge on any atom is 0.306 e. The van der Waals surface area contributed by atoms with Gasteiger partial charge in [0, 0.05) is 19.4 Å². The quantitative estimate of drug-likeness (QED) is 0.358. The summed E-state index contributed by atoms with van der Waals surface area (Å²) in [4.78, 5) is 22.9. The van der Waals surface area contributed by atoms with Crippen molar-refractivity contribution in [1.29, 1.82) is 0 Å². The Balaban J connectivity index is 3.44. The van der Waals surface area contributed by atoms with Crippen molar-refractivity contribution < 1.29 is 24.5 Å². The normalized spacial score (nSPS) is 12.1. The van der Waals surface area contributed by atoms with Crippen LogP contribution in [0.25, 0.3) is 0 Å². The number of hydrogen-bond donors (Lipinski definition) is 2. The summed E-state index contributed by atoms with van der Waals surface area (Å²) in [5.41, 5.74) is 0. The molecule has 0 fully saturated rings. The van der Waals surface area contributed by atoms with E-state index in [1.165, 1.54) is 32.1 Å². The van der Waals surface area contributed by atoms with Gasteiger partial charge >= 0.3 is 5.97 Å². The number of ketones is 1. The number of Topliss-reactive ketones (excluding diaryl/α,β-unsaturated/α-hetero) is 1. The van der Waals surface area contributed by atoms with Crippen LogP contribution in [0.1, 0.15) is 77.6 Å². The van der Waals surface area contributed by atoms with Gasteiger partial charge in [-0.2, -0.15) is 0 Å². The molecule has 0 saturated heterocycles. The minimum Gasteiger partial charge on any atom is -0.466 e. The maximum absolute atomic E-state index is 11.5. The molecule has 1 unspecified atom stereocenters. The summed E-state index contributed by atoms with van der Waals surface area (Å²) >= 11 is 0. The van der Waals surface area contributed by atoms with E-state index >= 15 is 0 Å². The molecule has 130 valence electrons. The highest BCUT2D eigenvalue weighted by molar-refractivity contribution is 5.83. The number of carbonyl (C=O) groups excluding carboxylic acids is 2. The van der Waals surface area contributed by atoms with Crippen LogP contribution in [-0.4, -0.2) is 41.3 Å². The number of ether oxygens (including phenoxy) is 1. The molecule has 0 aliphatic carbocycles. The molecule has 22 heavy (non-hydrogen) atoms. The Morgan fingerprint density at radius 3 is 2.27 bits per heavy atom. The van der Waals surface area contributed by atoms with E-state index in [4.69, 9.17) is 9.84 Å². The van der Waals surface area contributed by atoms with E-state index in [-0.39, 0.29) is 44.0 Å². The van der Waals surface area contributed by atoms with Gasteiger partial charge in [-0.05, 0) is 12.8 Å². The first kappa shape index (κ1) is 21.1.